The maximum Gasteiger partial charge on any atom is 0.313 e. The number of unbranched alkanes of at least 4 members (excludes halogenated alkanes) is 3. The minimum absolute atomic E-state index is 0.374. The molecule has 2 unspecified atom stereocenters. The SMILES string of the molecule is CCCCCCC1(C(=O)O)CCCC1OC(C)=O. The Bertz CT molecular complexity index is 300. The van der Waals surface area contributed by atoms with Gasteiger partial charge in [0.1, 0.15) is 11.5 Å². The summed E-state index contributed by atoms with van der Waals surface area (Å²) in [5.41, 5.74) is -0.834. The van der Waals surface area contributed by atoms with Gasteiger partial charge in [-0.15, -0.1) is 0 Å². The Labute approximate surface area is 109 Å². The van der Waals surface area contributed by atoms with Crippen LogP contribution in [0.1, 0.15) is 65.2 Å². The zero-order valence-electron chi connectivity index (χ0n) is 11.4. The van der Waals surface area contributed by atoms with Gasteiger partial charge in [0.25, 0.3) is 0 Å². The minimum atomic E-state index is -0.834. The second-order valence-electron chi connectivity index (χ2n) is 5.26. The lowest BCUT2D eigenvalue weighted by molar-refractivity contribution is -0.165. The van der Waals surface area contributed by atoms with E-state index in [1.165, 1.54) is 6.92 Å². The standard InChI is InChI=1S/C14H24O4/c1-3-4-5-6-9-14(13(16)17)10-7-8-12(14)18-11(2)15/h12H,3-10H2,1-2H3,(H,16,17). The molecule has 1 fully saturated rings. The fourth-order valence-electron chi connectivity index (χ4n) is 2.92. The van der Waals surface area contributed by atoms with Crippen LogP contribution in [0.4, 0.5) is 0 Å². The highest BCUT2D eigenvalue weighted by molar-refractivity contribution is 5.77. The maximum absolute atomic E-state index is 11.6. The first-order valence-corrected chi connectivity index (χ1v) is 6.93. The minimum Gasteiger partial charge on any atom is -0.481 e. The predicted octanol–water partition coefficient (Wildman–Crippen LogP) is 3.14. The number of carboxylic acid groups (broad SMARTS) is 1. The van der Waals surface area contributed by atoms with E-state index >= 15 is 0 Å². The molecule has 0 aliphatic heterocycles. The van der Waals surface area contributed by atoms with Crippen molar-refractivity contribution < 1.29 is 19.4 Å². The van der Waals surface area contributed by atoms with E-state index in [0.717, 1.165) is 32.1 Å². The van der Waals surface area contributed by atoms with Crippen LogP contribution in [-0.4, -0.2) is 23.1 Å². The molecule has 0 aromatic carbocycles. The van der Waals surface area contributed by atoms with Crippen molar-refractivity contribution in [2.45, 2.75) is 71.3 Å². The number of ether oxygens (including phenoxy) is 1. The highest BCUT2D eigenvalue weighted by Crippen LogP contribution is 2.44. The molecule has 1 aliphatic rings. The van der Waals surface area contributed by atoms with Gasteiger partial charge in [0.2, 0.25) is 0 Å². The van der Waals surface area contributed by atoms with Crippen molar-refractivity contribution in [3.63, 3.8) is 0 Å². The van der Waals surface area contributed by atoms with Crippen molar-refractivity contribution in [3.05, 3.63) is 0 Å². The maximum atomic E-state index is 11.6. The van der Waals surface area contributed by atoms with Crippen LogP contribution in [0.2, 0.25) is 0 Å². The summed E-state index contributed by atoms with van der Waals surface area (Å²) in [5, 5.41) is 9.51. The first-order chi connectivity index (χ1) is 8.53. The van der Waals surface area contributed by atoms with Crippen LogP contribution in [0.5, 0.6) is 0 Å². The highest BCUT2D eigenvalue weighted by Gasteiger charge is 2.50. The number of hydrogen-bond acceptors (Lipinski definition) is 3. The topological polar surface area (TPSA) is 63.6 Å². The van der Waals surface area contributed by atoms with Crippen molar-refractivity contribution in [2.24, 2.45) is 5.41 Å². The number of aliphatic carboxylic acids is 1. The second kappa shape index (κ2) is 6.76. The summed E-state index contributed by atoms with van der Waals surface area (Å²) in [7, 11) is 0. The van der Waals surface area contributed by atoms with Crippen LogP contribution in [-0.2, 0) is 14.3 Å². The van der Waals surface area contributed by atoms with Crippen molar-refractivity contribution in [2.75, 3.05) is 0 Å². The molecule has 18 heavy (non-hydrogen) atoms. The summed E-state index contributed by atoms with van der Waals surface area (Å²) in [6.45, 7) is 3.48. The zero-order chi connectivity index (χ0) is 13.6. The molecule has 0 saturated heterocycles. The molecule has 1 saturated carbocycles. The predicted molar refractivity (Wildman–Crippen MR) is 68.2 cm³/mol. The third kappa shape index (κ3) is 3.47. The van der Waals surface area contributed by atoms with Gasteiger partial charge in [0.05, 0.1) is 0 Å². The van der Waals surface area contributed by atoms with E-state index in [4.69, 9.17) is 4.74 Å². The number of esters is 1. The smallest absolute Gasteiger partial charge is 0.313 e. The fourth-order valence-corrected chi connectivity index (χ4v) is 2.92. The monoisotopic (exact) mass is 256 g/mol. The molecule has 0 aromatic heterocycles. The highest BCUT2D eigenvalue weighted by atomic mass is 16.5. The Kier molecular flexibility index (Phi) is 5.63. The van der Waals surface area contributed by atoms with E-state index in [-0.39, 0.29) is 5.97 Å². The fraction of sp³-hybridized carbons (Fsp3) is 0.857. The lowest BCUT2D eigenvalue weighted by atomic mass is 9.79. The van der Waals surface area contributed by atoms with Crippen LogP contribution in [0.25, 0.3) is 0 Å². The third-order valence-electron chi connectivity index (χ3n) is 3.92. The van der Waals surface area contributed by atoms with Crippen LogP contribution < -0.4 is 0 Å². The largest absolute Gasteiger partial charge is 0.481 e. The first-order valence-electron chi connectivity index (χ1n) is 6.93. The number of carboxylic acids is 1. The molecule has 0 radical (unpaired) electrons. The molecule has 2 atom stereocenters. The summed E-state index contributed by atoms with van der Waals surface area (Å²) in [6, 6.07) is 0. The Hall–Kier alpha value is -1.06. The quantitative estimate of drug-likeness (QED) is 0.561. The van der Waals surface area contributed by atoms with Crippen LogP contribution in [0.3, 0.4) is 0 Å². The van der Waals surface area contributed by atoms with Gasteiger partial charge in [-0.2, -0.15) is 0 Å². The molecule has 0 amide bonds. The number of rotatable bonds is 7. The Morgan fingerprint density at radius 2 is 2.06 bits per heavy atom. The van der Waals surface area contributed by atoms with Crippen molar-refractivity contribution in [1.82, 2.24) is 0 Å². The van der Waals surface area contributed by atoms with Gasteiger partial charge >= 0.3 is 11.9 Å². The molecule has 4 nitrogen and oxygen atoms in total. The summed E-state index contributed by atoms with van der Waals surface area (Å²) >= 11 is 0. The molecular formula is C14H24O4. The van der Waals surface area contributed by atoms with Crippen molar-refractivity contribution in [1.29, 1.82) is 0 Å². The van der Waals surface area contributed by atoms with Crippen LogP contribution >= 0.6 is 0 Å². The van der Waals surface area contributed by atoms with Gasteiger partial charge in [-0.25, -0.2) is 0 Å². The molecule has 0 aromatic rings. The number of carbonyl (C=O) groups is 2. The summed E-state index contributed by atoms with van der Waals surface area (Å²) in [4.78, 5) is 22.7. The molecule has 0 bridgehead atoms. The summed E-state index contributed by atoms with van der Waals surface area (Å²) < 4.78 is 5.23. The van der Waals surface area contributed by atoms with Crippen molar-refractivity contribution >= 4 is 11.9 Å². The molecular weight excluding hydrogens is 232 g/mol. The Morgan fingerprint density at radius 3 is 2.61 bits per heavy atom. The Morgan fingerprint density at radius 1 is 1.33 bits per heavy atom. The molecule has 1 rings (SSSR count). The molecule has 0 spiro atoms. The van der Waals surface area contributed by atoms with Gasteiger partial charge in [-0.3, -0.25) is 9.59 Å². The number of hydrogen-bond donors (Lipinski definition) is 1. The van der Waals surface area contributed by atoms with E-state index in [1.807, 2.05) is 0 Å². The summed E-state index contributed by atoms with van der Waals surface area (Å²) in [6.07, 6.45) is 6.55. The van der Waals surface area contributed by atoms with E-state index < -0.39 is 17.5 Å². The third-order valence-corrected chi connectivity index (χ3v) is 3.92. The van der Waals surface area contributed by atoms with Crippen LogP contribution in [0.15, 0.2) is 0 Å². The summed E-state index contributed by atoms with van der Waals surface area (Å²) in [5.74, 6) is -1.18. The lowest BCUT2D eigenvalue weighted by Crippen LogP contribution is -2.40. The van der Waals surface area contributed by atoms with E-state index in [1.54, 1.807) is 0 Å². The van der Waals surface area contributed by atoms with Gasteiger partial charge in [-0.05, 0) is 25.7 Å². The van der Waals surface area contributed by atoms with Gasteiger partial charge in [0, 0.05) is 6.92 Å². The van der Waals surface area contributed by atoms with Gasteiger partial charge in [0.15, 0.2) is 0 Å². The lowest BCUT2D eigenvalue weighted by Gasteiger charge is -2.30. The normalized spacial score (nSPS) is 27.1. The number of carbonyl (C=O) groups excluding carboxylic acids is 1. The van der Waals surface area contributed by atoms with Gasteiger partial charge in [-0.1, -0.05) is 32.6 Å². The van der Waals surface area contributed by atoms with Crippen molar-refractivity contribution in [3.8, 4) is 0 Å². The second-order valence-corrected chi connectivity index (χ2v) is 5.26. The molecule has 1 N–H and O–H groups in total. The van der Waals surface area contributed by atoms with Gasteiger partial charge < -0.3 is 9.84 Å². The van der Waals surface area contributed by atoms with E-state index in [9.17, 15) is 14.7 Å². The molecule has 0 heterocycles. The Balaban J connectivity index is 2.66. The molecule has 104 valence electrons. The van der Waals surface area contributed by atoms with E-state index in [0.29, 0.717) is 19.3 Å². The zero-order valence-corrected chi connectivity index (χ0v) is 11.4. The van der Waals surface area contributed by atoms with Crippen LogP contribution in [0, 0.1) is 5.41 Å². The average molecular weight is 256 g/mol. The first kappa shape index (κ1) is 15.0. The van der Waals surface area contributed by atoms with E-state index in [2.05, 4.69) is 6.92 Å². The molecule has 4 heteroatoms. The molecule has 1 aliphatic carbocycles. The average Bonchev–Trinajstić information content (AvgIpc) is 2.68.